The molecule has 1 heterocycles. The smallest absolute Gasteiger partial charge is 0.261 e. The van der Waals surface area contributed by atoms with Crippen molar-refractivity contribution in [3.05, 3.63) is 58.1 Å². The summed E-state index contributed by atoms with van der Waals surface area (Å²) in [5, 5.41) is 1.19. The molecule has 0 radical (unpaired) electrons. The summed E-state index contributed by atoms with van der Waals surface area (Å²) in [6.45, 7) is 5.65. The van der Waals surface area contributed by atoms with E-state index in [1.807, 2.05) is 26.2 Å². The van der Waals surface area contributed by atoms with Crippen molar-refractivity contribution in [1.29, 1.82) is 0 Å². The van der Waals surface area contributed by atoms with Crippen molar-refractivity contribution >= 4 is 56.6 Å². The van der Waals surface area contributed by atoms with E-state index < -0.39 is 0 Å². The maximum atomic E-state index is 13.3. The molecule has 0 aliphatic heterocycles. The summed E-state index contributed by atoms with van der Waals surface area (Å²) in [5.41, 5.74) is 3.85. The van der Waals surface area contributed by atoms with Crippen LogP contribution >= 0.6 is 35.3 Å². The first-order valence-corrected chi connectivity index (χ1v) is 10.2. The van der Waals surface area contributed by atoms with E-state index in [1.165, 1.54) is 5.56 Å². The Bertz CT molecular complexity index is 971. The predicted molar refractivity (Wildman–Crippen MR) is 123 cm³/mol. The standard InChI is InChI=1S/C21H24ClN3OS.ClH/c1-14-10-11-18-19(15(14)2)23-21(27-18)25(13-7-12-24(3)4)20(26)16-8-5-6-9-17(16)22;/h5-6,8-11H,7,12-13H2,1-4H3;1H. The second-order valence-corrected chi connectivity index (χ2v) is 8.36. The van der Waals surface area contributed by atoms with E-state index in [-0.39, 0.29) is 18.3 Å². The summed E-state index contributed by atoms with van der Waals surface area (Å²) >= 11 is 7.84. The van der Waals surface area contributed by atoms with E-state index in [2.05, 4.69) is 30.9 Å². The Hall–Kier alpha value is -1.66. The highest BCUT2D eigenvalue weighted by Crippen LogP contribution is 2.33. The molecule has 0 saturated heterocycles. The van der Waals surface area contributed by atoms with Crippen LogP contribution in [-0.2, 0) is 0 Å². The number of nitrogens with zero attached hydrogens (tertiary/aromatic N) is 3. The Labute approximate surface area is 181 Å². The van der Waals surface area contributed by atoms with E-state index in [4.69, 9.17) is 16.6 Å². The van der Waals surface area contributed by atoms with E-state index in [0.29, 0.717) is 17.1 Å². The second kappa shape index (κ2) is 9.70. The van der Waals surface area contributed by atoms with Crippen molar-refractivity contribution in [3.63, 3.8) is 0 Å². The molecule has 0 fully saturated rings. The Morgan fingerprint density at radius 2 is 1.82 bits per heavy atom. The molecule has 3 aromatic rings. The van der Waals surface area contributed by atoms with Gasteiger partial charge in [0.25, 0.3) is 5.91 Å². The van der Waals surface area contributed by atoms with Gasteiger partial charge in [-0.25, -0.2) is 4.98 Å². The molecule has 1 amide bonds. The van der Waals surface area contributed by atoms with Gasteiger partial charge >= 0.3 is 0 Å². The first-order chi connectivity index (χ1) is 12.9. The number of anilines is 1. The number of thiazole rings is 1. The second-order valence-electron chi connectivity index (χ2n) is 6.94. The molecule has 0 N–H and O–H groups in total. The average Bonchev–Trinajstić information content (AvgIpc) is 3.06. The monoisotopic (exact) mass is 437 g/mol. The van der Waals surface area contributed by atoms with Gasteiger partial charge in [-0.3, -0.25) is 9.69 Å². The number of carbonyl (C=O) groups is 1. The molecular weight excluding hydrogens is 413 g/mol. The summed E-state index contributed by atoms with van der Waals surface area (Å²) in [5.74, 6) is -0.104. The number of fused-ring (bicyclic) bond motifs is 1. The van der Waals surface area contributed by atoms with Gasteiger partial charge in [0.1, 0.15) is 0 Å². The molecule has 0 saturated carbocycles. The van der Waals surface area contributed by atoms with Crippen molar-refractivity contribution in [3.8, 4) is 0 Å². The van der Waals surface area contributed by atoms with Crippen LogP contribution in [0.25, 0.3) is 10.2 Å². The number of aromatic nitrogens is 1. The molecule has 0 bridgehead atoms. The van der Waals surface area contributed by atoms with Gasteiger partial charge in [0.2, 0.25) is 0 Å². The number of hydrogen-bond acceptors (Lipinski definition) is 4. The molecule has 0 aliphatic rings. The van der Waals surface area contributed by atoms with Gasteiger partial charge < -0.3 is 4.90 Å². The first-order valence-electron chi connectivity index (χ1n) is 8.96. The van der Waals surface area contributed by atoms with Crippen LogP contribution < -0.4 is 4.90 Å². The Kier molecular flexibility index (Phi) is 7.84. The molecule has 4 nitrogen and oxygen atoms in total. The Balaban J connectivity index is 0.00000280. The number of hydrogen-bond donors (Lipinski definition) is 0. The summed E-state index contributed by atoms with van der Waals surface area (Å²) in [6, 6.07) is 11.4. The van der Waals surface area contributed by atoms with E-state index in [1.54, 1.807) is 28.4 Å². The van der Waals surface area contributed by atoms with Crippen LogP contribution in [0.5, 0.6) is 0 Å². The minimum absolute atomic E-state index is 0. The van der Waals surface area contributed by atoms with Gasteiger partial charge in [-0.05, 0) is 70.2 Å². The third kappa shape index (κ3) is 4.84. The normalized spacial score (nSPS) is 10.9. The summed E-state index contributed by atoms with van der Waals surface area (Å²) < 4.78 is 1.10. The zero-order valence-corrected chi connectivity index (χ0v) is 18.9. The molecule has 3 rings (SSSR count). The lowest BCUT2D eigenvalue weighted by atomic mass is 10.1. The van der Waals surface area contributed by atoms with Crippen LogP contribution in [0, 0.1) is 13.8 Å². The van der Waals surface area contributed by atoms with Crippen LogP contribution in [0.15, 0.2) is 36.4 Å². The largest absolute Gasteiger partial charge is 0.309 e. The minimum atomic E-state index is -0.104. The van der Waals surface area contributed by atoms with Crippen LogP contribution in [0.2, 0.25) is 5.02 Å². The lowest BCUT2D eigenvalue weighted by molar-refractivity contribution is 0.0986. The lowest BCUT2D eigenvalue weighted by Crippen LogP contribution is -2.33. The third-order valence-electron chi connectivity index (χ3n) is 4.64. The molecule has 1 aromatic heterocycles. The van der Waals surface area contributed by atoms with Crippen molar-refractivity contribution in [2.75, 3.05) is 32.1 Å². The Morgan fingerprint density at radius 1 is 1.11 bits per heavy atom. The number of amides is 1. The summed E-state index contributed by atoms with van der Waals surface area (Å²) in [7, 11) is 4.06. The number of carbonyl (C=O) groups excluding carboxylic acids is 1. The number of aryl methyl sites for hydroxylation is 2. The molecule has 150 valence electrons. The highest BCUT2D eigenvalue weighted by atomic mass is 35.5. The molecule has 28 heavy (non-hydrogen) atoms. The Morgan fingerprint density at radius 3 is 2.50 bits per heavy atom. The third-order valence-corrected chi connectivity index (χ3v) is 6.01. The average molecular weight is 438 g/mol. The number of benzene rings is 2. The molecule has 0 atom stereocenters. The number of halogens is 2. The lowest BCUT2D eigenvalue weighted by Gasteiger charge is -2.21. The van der Waals surface area contributed by atoms with Gasteiger partial charge in [-0.15, -0.1) is 12.4 Å². The van der Waals surface area contributed by atoms with Crippen LogP contribution in [-0.4, -0.2) is 43.0 Å². The fraction of sp³-hybridized carbons (Fsp3) is 0.333. The molecule has 0 unspecified atom stereocenters. The molecular formula is C21H25Cl2N3OS. The summed E-state index contributed by atoms with van der Waals surface area (Å²) in [6.07, 6.45) is 0.858. The fourth-order valence-corrected chi connectivity index (χ4v) is 4.20. The molecule has 7 heteroatoms. The van der Waals surface area contributed by atoms with E-state index in [0.717, 1.165) is 33.9 Å². The van der Waals surface area contributed by atoms with Gasteiger partial charge in [0, 0.05) is 6.54 Å². The van der Waals surface area contributed by atoms with Crippen molar-refractivity contribution < 1.29 is 4.79 Å². The highest BCUT2D eigenvalue weighted by molar-refractivity contribution is 7.22. The van der Waals surface area contributed by atoms with Crippen molar-refractivity contribution in [1.82, 2.24) is 9.88 Å². The van der Waals surface area contributed by atoms with Gasteiger partial charge in [0.15, 0.2) is 5.13 Å². The number of rotatable bonds is 6. The predicted octanol–water partition coefficient (Wildman–Crippen LogP) is 5.59. The zero-order valence-electron chi connectivity index (χ0n) is 16.5. The maximum absolute atomic E-state index is 13.3. The quantitative estimate of drug-likeness (QED) is 0.504. The van der Waals surface area contributed by atoms with Crippen molar-refractivity contribution in [2.45, 2.75) is 20.3 Å². The van der Waals surface area contributed by atoms with Crippen LogP contribution in [0.1, 0.15) is 27.9 Å². The zero-order chi connectivity index (χ0) is 19.6. The van der Waals surface area contributed by atoms with Crippen LogP contribution in [0.4, 0.5) is 5.13 Å². The SMILES string of the molecule is Cc1ccc2sc(N(CCCN(C)C)C(=O)c3ccccc3Cl)nc2c1C.Cl. The van der Waals surface area contributed by atoms with Gasteiger partial charge in [0.05, 0.1) is 20.8 Å². The first kappa shape index (κ1) is 22.6. The molecule has 0 aliphatic carbocycles. The van der Waals surface area contributed by atoms with E-state index >= 15 is 0 Å². The fourth-order valence-electron chi connectivity index (χ4n) is 2.94. The van der Waals surface area contributed by atoms with Gasteiger partial charge in [-0.1, -0.05) is 41.1 Å². The molecule has 2 aromatic carbocycles. The van der Waals surface area contributed by atoms with Crippen molar-refractivity contribution in [2.24, 2.45) is 0 Å². The topological polar surface area (TPSA) is 36.4 Å². The highest BCUT2D eigenvalue weighted by Gasteiger charge is 2.23. The van der Waals surface area contributed by atoms with Gasteiger partial charge in [-0.2, -0.15) is 0 Å². The van der Waals surface area contributed by atoms with Crippen LogP contribution in [0.3, 0.4) is 0 Å². The minimum Gasteiger partial charge on any atom is -0.309 e. The summed E-state index contributed by atoms with van der Waals surface area (Å²) in [4.78, 5) is 22.0. The molecule has 0 spiro atoms. The van der Waals surface area contributed by atoms with E-state index in [9.17, 15) is 4.79 Å². The maximum Gasteiger partial charge on any atom is 0.261 e.